The number of hydrogen-bond acceptors (Lipinski definition) is 5. The number of carbonyl (C=O) groups is 4. The summed E-state index contributed by atoms with van der Waals surface area (Å²) in [5.74, 6) is -2.05. The minimum absolute atomic E-state index is 0.0146. The van der Waals surface area contributed by atoms with Crippen molar-refractivity contribution in [3.8, 4) is 5.69 Å². The average molecular weight is 526 g/mol. The van der Waals surface area contributed by atoms with Gasteiger partial charge in [0.05, 0.1) is 27.9 Å². The fourth-order valence-corrected chi connectivity index (χ4v) is 4.37. The van der Waals surface area contributed by atoms with E-state index in [4.69, 9.17) is 27.9 Å². The lowest BCUT2D eigenvalue weighted by Gasteiger charge is -2.27. The maximum absolute atomic E-state index is 13.3. The van der Waals surface area contributed by atoms with E-state index in [1.54, 1.807) is 37.3 Å². The molecule has 1 saturated heterocycles. The van der Waals surface area contributed by atoms with Gasteiger partial charge < -0.3 is 9.30 Å². The average Bonchev–Trinajstić information content (AvgIpc) is 3.12. The molecule has 0 unspecified atom stereocenters. The largest absolute Gasteiger partial charge is 0.462 e. The molecule has 3 aromatic rings. The Morgan fingerprint density at radius 1 is 1.06 bits per heavy atom. The number of urea groups is 1. The summed E-state index contributed by atoms with van der Waals surface area (Å²) in [4.78, 5) is 51.1. The van der Waals surface area contributed by atoms with Gasteiger partial charge in [0, 0.05) is 17.1 Å². The van der Waals surface area contributed by atoms with Crippen molar-refractivity contribution in [3.05, 3.63) is 86.7 Å². The van der Waals surface area contributed by atoms with E-state index in [-0.39, 0.29) is 27.9 Å². The lowest BCUT2D eigenvalue weighted by molar-refractivity contribution is -0.122. The number of halogens is 2. The number of anilines is 1. The quantitative estimate of drug-likeness (QED) is 0.279. The standard InChI is InChI=1S/C26H21Cl2N3O5/c1-4-36-25(34)16-8-10-18(11-9-16)30-14(2)12-17(15(30)3)13-19-23(32)29-26(35)31(24(19)33)21-7-5-6-20(27)22(21)28/h5-13H,4H2,1-3H3,(H,29,32,35)/b19-13+. The van der Waals surface area contributed by atoms with Crippen molar-refractivity contribution in [1.29, 1.82) is 0 Å². The second-order valence-electron chi connectivity index (χ2n) is 7.96. The van der Waals surface area contributed by atoms with Gasteiger partial charge in [0.15, 0.2) is 0 Å². The van der Waals surface area contributed by atoms with Gasteiger partial charge in [-0.25, -0.2) is 14.5 Å². The van der Waals surface area contributed by atoms with Crippen molar-refractivity contribution >= 4 is 58.8 Å². The van der Waals surface area contributed by atoms with Gasteiger partial charge in [-0.3, -0.25) is 14.9 Å². The van der Waals surface area contributed by atoms with Crippen LogP contribution in [0, 0.1) is 13.8 Å². The van der Waals surface area contributed by atoms with Crippen LogP contribution in [-0.4, -0.2) is 35.0 Å². The van der Waals surface area contributed by atoms with E-state index in [0.29, 0.717) is 11.1 Å². The number of carbonyl (C=O) groups excluding carboxylic acids is 4. The lowest BCUT2D eigenvalue weighted by atomic mass is 10.1. The van der Waals surface area contributed by atoms with Crippen molar-refractivity contribution in [2.45, 2.75) is 20.8 Å². The molecule has 1 N–H and O–H groups in total. The molecule has 8 nitrogen and oxygen atoms in total. The number of benzene rings is 2. The number of nitrogens with zero attached hydrogens (tertiary/aromatic N) is 2. The Kier molecular flexibility index (Phi) is 7.01. The molecule has 1 aliphatic rings. The SMILES string of the molecule is CCOC(=O)c1ccc(-n2c(C)cc(/C=C3\C(=O)NC(=O)N(c4cccc(Cl)c4Cl)C3=O)c2C)cc1. The van der Waals surface area contributed by atoms with Gasteiger partial charge in [0.25, 0.3) is 11.8 Å². The molecule has 2 aromatic carbocycles. The molecule has 1 fully saturated rings. The van der Waals surface area contributed by atoms with Gasteiger partial charge in [-0.2, -0.15) is 0 Å². The molecule has 0 spiro atoms. The first-order valence-electron chi connectivity index (χ1n) is 11.0. The van der Waals surface area contributed by atoms with Crippen LogP contribution in [0.1, 0.15) is 34.2 Å². The molecule has 2 heterocycles. The smallest absolute Gasteiger partial charge is 0.338 e. The number of amides is 4. The molecule has 0 bridgehead atoms. The summed E-state index contributed by atoms with van der Waals surface area (Å²) in [6.45, 7) is 5.73. The summed E-state index contributed by atoms with van der Waals surface area (Å²) >= 11 is 12.3. The molecule has 184 valence electrons. The van der Waals surface area contributed by atoms with Gasteiger partial charge in [-0.1, -0.05) is 29.3 Å². The number of imide groups is 2. The van der Waals surface area contributed by atoms with E-state index in [9.17, 15) is 19.2 Å². The molecule has 0 atom stereocenters. The highest BCUT2D eigenvalue weighted by Crippen LogP contribution is 2.34. The van der Waals surface area contributed by atoms with Crippen LogP contribution in [-0.2, 0) is 14.3 Å². The first-order valence-corrected chi connectivity index (χ1v) is 11.7. The normalized spacial score (nSPS) is 14.9. The number of rotatable bonds is 5. The van der Waals surface area contributed by atoms with E-state index in [2.05, 4.69) is 5.32 Å². The molecule has 10 heteroatoms. The number of esters is 1. The number of nitrogens with one attached hydrogen (secondary N) is 1. The van der Waals surface area contributed by atoms with Gasteiger partial charge >= 0.3 is 12.0 Å². The first-order chi connectivity index (χ1) is 17.1. The summed E-state index contributed by atoms with van der Waals surface area (Å²) in [7, 11) is 0. The van der Waals surface area contributed by atoms with Crippen LogP contribution >= 0.6 is 23.2 Å². The highest BCUT2D eigenvalue weighted by atomic mass is 35.5. The maximum atomic E-state index is 13.3. The fraction of sp³-hybridized carbons (Fsp3) is 0.154. The zero-order valence-corrected chi connectivity index (χ0v) is 21.1. The predicted octanol–water partition coefficient (Wildman–Crippen LogP) is 5.24. The van der Waals surface area contributed by atoms with E-state index in [1.165, 1.54) is 18.2 Å². The van der Waals surface area contributed by atoms with Crippen LogP contribution in [0.2, 0.25) is 10.0 Å². The number of ether oxygens (including phenoxy) is 1. The third-order valence-electron chi connectivity index (χ3n) is 5.68. The van der Waals surface area contributed by atoms with E-state index >= 15 is 0 Å². The van der Waals surface area contributed by atoms with E-state index in [0.717, 1.165) is 22.0 Å². The number of aryl methyl sites for hydroxylation is 1. The van der Waals surface area contributed by atoms with Crippen molar-refractivity contribution < 1.29 is 23.9 Å². The van der Waals surface area contributed by atoms with Gasteiger partial charge in [-0.05, 0) is 74.9 Å². The van der Waals surface area contributed by atoms with Crippen LogP contribution in [0.15, 0.2) is 54.1 Å². The number of aromatic nitrogens is 1. The first kappa shape index (κ1) is 25.2. The van der Waals surface area contributed by atoms with Crippen molar-refractivity contribution in [2.24, 2.45) is 0 Å². The van der Waals surface area contributed by atoms with Crippen LogP contribution in [0.3, 0.4) is 0 Å². The molecule has 1 aromatic heterocycles. The maximum Gasteiger partial charge on any atom is 0.338 e. The number of barbiturate groups is 1. The molecular formula is C26H21Cl2N3O5. The lowest BCUT2D eigenvalue weighted by Crippen LogP contribution is -2.54. The van der Waals surface area contributed by atoms with Crippen molar-refractivity contribution in [2.75, 3.05) is 11.5 Å². The molecule has 0 aliphatic carbocycles. The Balaban J connectivity index is 1.72. The van der Waals surface area contributed by atoms with Crippen LogP contribution in [0.25, 0.3) is 11.8 Å². The van der Waals surface area contributed by atoms with Crippen LogP contribution in [0.4, 0.5) is 10.5 Å². The van der Waals surface area contributed by atoms with Crippen LogP contribution < -0.4 is 10.2 Å². The molecule has 0 saturated carbocycles. The van der Waals surface area contributed by atoms with Gasteiger partial charge in [-0.15, -0.1) is 0 Å². The molecule has 36 heavy (non-hydrogen) atoms. The summed E-state index contributed by atoms with van der Waals surface area (Å²) in [5.41, 5.74) is 3.23. The van der Waals surface area contributed by atoms with Crippen molar-refractivity contribution in [3.63, 3.8) is 0 Å². The monoisotopic (exact) mass is 525 g/mol. The van der Waals surface area contributed by atoms with E-state index < -0.39 is 23.8 Å². The summed E-state index contributed by atoms with van der Waals surface area (Å²) in [5, 5.41) is 2.36. The third-order valence-corrected chi connectivity index (χ3v) is 6.49. The Hall–Kier alpha value is -3.88. The molecular weight excluding hydrogens is 505 g/mol. The van der Waals surface area contributed by atoms with Crippen LogP contribution in [0.5, 0.6) is 0 Å². The van der Waals surface area contributed by atoms with Gasteiger partial charge in [0.1, 0.15) is 5.57 Å². The van der Waals surface area contributed by atoms with Gasteiger partial charge in [0.2, 0.25) is 0 Å². The Bertz CT molecular complexity index is 1440. The Labute approximate surface area is 217 Å². The minimum Gasteiger partial charge on any atom is -0.462 e. The summed E-state index contributed by atoms with van der Waals surface area (Å²) in [6, 6.07) is 12.3. The predicted molar refractivity (Wildman–Crippen MR) is 137 cm³/mol. The molecule has 4 rings (SSSR count). The highest BCUT2D eigenvalue weighted by Gasteiger charge is 2.38. The number of hydrogen-bond donors (Lipinski definition) is 1. The highest BCUT2D eigenvalue weighted by molar-refractivity contribution is 6.46. The minimum atomic E-state index is -0.918. The molecule has 1 aliphatic heterocycles. The summed E-state index contributed by atoms with van der Waals surface area (Å²) in [6.07, 6.45) is 1.43. The summed E-state index contributed by atoms with van der Waals surface area (Å²) < 4.78 is 6.94. The second-order valence-corrected chi connectivity index (χ2v) is 8.75. The van der Waals surface area contributed by atoms with E-state index in [1.807, 2.05) is 24.5 Å². The van der Waals surface area contributed by atoms with Crippen molar-refractivity contribution in [1.82, 2.24) is 9.88 Å². The second kappa shape index (κ2) is 10.0. The fourth-order valence-electron chi connectivity index (χ4n) is 3.99. The Morgan fingerprint density at radius 3 is 2.42 bits per heavy atom. The Morgan fingerprint density at radius 2 is 1.75 bits per heavy atom. The zero-order chi connectivity index (χ0) is 26.1. The topological polar surface area (TPSA) is 97.7 Å². The third kappa shape index (κ3) is 4.53. The zero-order valence-electron chi connectivity index (χ0n) is 19.6. The molecule has 0 radical (unpaired) electrons. The molecule has 4 amide bonds.